The number of nitriles is 1. The molecule has 0 aliphatic heterocycles. The summed E-state index contributed by atoms with van der Waals surface area (Å²) >= 11 is 1.67. The molecular formula is C26H22N4O2S. The van der Waals surface area contributed by atoms with E-state index in [0.717, 1.165) is 27.1 Å². The highest BCUT2D eigenvalue weighted by molar-refractivity contribution is 7.22. The molecule has 6 nitrogen and oxygen atoms in total. The zero-order valence-corrected chi connectivity index (χ0v) is 18.9. The number of fused-ring (bicyclic) bond motifs is 1. The maximum absolute atomic E-state index is 10.7. The third-order valence-corrected chi connectivity index (χ3v) is 7.17. The Labute approximate surface area is 195 Å². The molecule has 1 unspecified atom stereocenters. The van der Waals surface area contributed by atoms with Gasteiger partial charge in [-0.2, -0.15) is 5.26 Å². The molecule has 33 heavy (non-hydrogen) atoms. The Morgan fingerprint density at radius 1 is 1.15 bits per heavy atom. The molecule has 1 aliphatic carbocycles. The minimum Gasteiger partial charge on any atom is -0.511 e. The van der Waals surface area contributed by atoms with Gasteiger partial charge in [0.15, 0.2) is 0 Å². The fourth-order valence-electron chi connectivity index (χ4n) is 4.24. The van der Waals surface area contributed by atoms with Crippen LogP contribution >= 0.6 is 11.3 Å². The van der Waals surface area contributed by atoms with Crippen molar-refractivity contribution in [3.8, 4) is 16.6 Å². The minimum absolute atomic E-state index is 0.0949. The number of benzene rings is 2. The van der Waals surface area contributed by atoms with Crippen LogP contribution in [0.1, 0.15) is 42.5 Å². The summed E-state index contributed by atoms with van der Waals surface area (Å²) in [6, 6.07) is 19.9. The highest BCUT2D eigenvalue weighted by atomic mass is 32.1. The minimum atomic E-state index is -0.370. The molecular weight excluding hydrogens is 432 g/mol. The van der Waals surface area contributed by atoms with E-state index in [9.17, 15) is 10.2 Å². The normalized spacial score (nSPS) is 16.1. The van der Waals surface area contributed by atoms with Gasteiger partial charge in [0.25, 0.3) is 0 Å². The molecule has 0 saturated carbocycles. The first kappa shape index (κ1) is 21.0. The van der Waals surface area contributed by atoms with Crippen LogP contribution in [0.3, 0.4) is 0 Å². The molecule has 0 radical (unpaired) electrons. The van der Waals surface area contributed by atoms with Crippen LogP contribution in [0.5, 0.6) is 0 Å². The van der Waals surface area contributed by atoms with E-state index in [-0.39, 0.29) is 17.4 Å². The molecule has 0 saturated heterocycles. The van der Waals surface area contributed by atoms with Crippen molar-refractivity contribution >= 4 is 21.4 Å². The number of aliphatic hydroxyl groups is 2. The summed E-state index contributed by atoms with van der Waals surface area (Å²) in [7, 11) is 0. The number of aliphatic hydroxyl groups excluding tert-OH is 2. The van der Waals surface area contributed by atoms with Crippen LogP contribution in [0.4, 0.5) is 0 Å². The second kappa shape index (κ2) is 8.57. The van der Waals surface area contributed by atoms with Gasteiger partial charge >= 0.3 is 0 Å². The van der Waals surface area contributed by atoms with Gasteiger partial charge in [-0.1, -0.05) is 42.5 Å². The molecule has 164 valence electrons. The molecule has 2 aromatic heterocycles. The van der Waals surface area contributed by atoms with E-state index in [1.807, 2.05) is 35.9 Å². The predicted octanol–water partition coefficient (Wildman–Crippen LogP) is 6.23. The van der Waals surface area contributed by atoms with Gasteiger partial charge in [-0.15, -0.1) is 16.4 Å². The topological polar surface area (TPSA) is 95.0 Å². The summed E-state index contributed by atoms with van der Waals surface area (Å²) in [5, 5.41) is 40.2. The Kier molecular flexibility index (Phi) is 5.45. The van der Waals surface area contributed by atoms with Crippen molar-refractivity contribution in [2.75, 3.05) is 0 Å². The van der Waals surface area contributed by atoms with Crippen molar-refractivity contribution in [3.63, 3.8) is 0 Å². The average molecular weight is 455 g/mol. The third kappa shape index (κ3) is 3.90. The third-order valence-electron chi connectivity index (χ3n) is 6.05. The Morgan fingerprint density at radius 3 is 2.67 bits per heavy atom. The highest BCUT2D eigenvalue weighted by Crippen LogP contribution is 2.42. The molecule has 1 atom stereocenters. The smallest absolute Gasteiger partial charge is 0.118 e. The molecule has 1 aliphatic rings. The second-order valence-electron chi connectivity index (χ2n) is 8.11. The van der Waals surface area contributed by atoms with E-state index in [1.165, 1.54) is 10.8 Å². The van der Waals surface area contributed by atoms with Crippen molar-refractivity contribution < 1.29 is 10.2 Å². The monoisotopic (exact) mass is 454 g/mol. The molecule has 2 heterocycles. The summed E-state index contributed by atoms with van der Waals surface area (Å²) in [6.45, 7) is 2.48. The quantitative estimate of drug-likeness (QED) is 0.373. The van der Waals surface area contributed by atoms with Gasteiger partial charge in [-0.3, -0.25) is 0 Å². The van der Waals surface area contributed by atoms with E-state index in [0.29, 0.717) is 30.6 Å². The van der Waals surface area contributed by atoms with Crippen LogP contribution in [-0.2, 0) is 6.54 Å². The number of aromatic nitrogens is 3. The van der Waals surface area contributed by atoms with E-state index < -0.39 is 0 Å². The van der Waals surface area contributed by atoms with Crippen LogP contribution in [0.2, 0.25) is 0 Å². The largest absolute Gasteiger partial charge is 0.511 e. The number of nitrogens with zero attached hydrogens (tertiary/aromatic N) is 4. The lowest BCUT2D eigenvalue weighted by Crippen LogP contribution is -2.12. The molecule has 4 aromatic rings. The van der Waals surface area contributed by atoms with Gasteiger partial charge in [0.05, 0.1) is 29.0 Å². The van der Waals surface area contributed by atoms with Gasteiger partial charge < -0.3 is 10.2 Å². The van der Waals surface area contributed by atoms with Crippen molar-refractivity contribution in [3.05, 3.63) is 94.6 Å². The second-order valence-corrected chi connectivity index (χ2v) is 9.19. The molecule has 5 rings (SSSR count). The summed E-state index contributed by atoms with van der Waals surface area (Å²) < 4.78 is 3.03. The van der Waals surface area contributed by atoms with Gasteiger partial charge in [0.2, 0.25) is 0 Å². The van der Waals surface area contributed by atoms with E-state index in [2.05, 4.69) is 34.6 Å². The van der Waals surface area contributed by atoms with Crippen LogP contribution in [0.15, 0.2) is 77.8 Å². The molecule has 7 heteroatoms. The standard InChI is InChI=1S/C26H22N4O2S/c1-2-18-11-20(22(32)13-21(18)31)25-26(24-12-19-5-3-4-6-23(19)33-24)30(29-28-25)15-17-9-7-16(14-27)8-10-17/h3-10,12-13,20,31-32H,2,11,15H2,1H3. The molecule has 2 N–H and O–H groups in total. The first-order valence-corrected chi connectivity index (χ1v) is 11.6. The Balaban J connectivity index is 1.62. The number of hydrogen-bond donors (Lipinski definition) is 2. The van der Waals surface area contributed by atoms with Gasteiger partial charge in [-0.05, 0) is 53.6 Å². The van der Waals surface area contributed by atoms with Gasteiger partial charge in [0, 0.05) is 10.8 Å². The van der Waals surface area contributed by atoms with Gasteiger partial charge in [0.1, 0.15) is 22.9 Å². The lowest BCUT2D eigenvalue weighted by Gasteiger charge is -2.22. The zero-order chi connectivity index (χ0) is 22.9. The first-order chi connectivity index (χ1) is 16.1. The maximum atomic E-state index is 10.7. The summed E-state index contributed by atoms with van der Waals surface area (Å²) in [5.41, 5.74) is 4.06. The lowest BCUT2D eigenvalue weighted by molar-refractivity contribution is 0.335. The molecule has 0 spiro atoms. The number of hydrogen-bond acceptors (Lipinski definition) is 6. The lowest BCUT2D eigenvalue weighted by atomic mass is 9.87. The van der Waals surface area contributed by atoms with E-state index >= 15 is 0 Å². The predicted molar refractivity (Wildman–Crippen MR) is 129 cm³/mol. The van der Waals surface area contributed by atoms with Crippen LogP contribution in [-0.4, -0.2) is 25.2 Å². The Morgan fingerprint density at radius 2 is 1.94 bits per heavy atom. The fraction of sp³-hybridized carbons (Fsp3) is 0.192. The zero-order valence-electron chi connectivity index (χ0n) is 18.1. The van der Waals surface area contributed by atoms with E-state index in [4.69, 9.17) is 5.26 Å². The molecule has 2 aromatic carbocycles. The van der Waals surface area contributed by atoms with Crippen molar-refractivity contribution in [2.45, 2.75) is 32.2 Å². The van der Waals surface area contributed by atoms with E-state index in [1.54, 1.807) is 23.5 Å². The number of rotatable bonds is 5. The molecule has 0 bridgehead atoms. The highest BCUT2D eigenvalue weighted by Gasteiger charge is 2.31. The maximum Gasteiger partial charge on any atom is 0.118 e. The Bertz CT molecular complexity index is 1400. The summed E-state index contributed by atoms with van der Waals surface area (Å²) in [6.07, 6.45) is 2.63. The first-order valence-electron chi connectivity index (χ1n) is 10.8. The molecule has 0 amide bonds. The Hall–Kier alpha value is -3.89. The van der Waals surface area contributed by atoms with Crippen molar-refractivity contribution in [1.82, 2.24) is 15.0 Å². The van der Waals surface area contributed by atoms with Crippen LogP contribution in [0.25, 0.3) is 20.7 Å². The fourth-order valence-corrected chi connectivity index (χ4v) is 5.36. The number of thiophene rings is 1. The average Bonchev–Trinajstić information content (AvgIpc) is 3.43. The molecule has 0 fully saturated rings. The summed E-state index contributed by atoms with van der Waals surface area (Å²) in [5.74, 6) is -0.136. The summed E-state index contributed by atoms with van der Waals surface area (Å²) in [4.78, 5) is 1.02. The van der Waals surface area contributed by atoms with Gasteiger partial charge in [-0.25, -0.2) is 4.68 Å². The van der Waals surface area contributed by atoms with Crippen molar-refractivity contribution in [1.29, 1.82) is 5.26 Å². The van der Waals surface area contributed by atoms with Crippen LogP contribution in [0, 0.1) is 11.3 Å². The SMILES string of the molecule is CCC1=C(O)C=C(O)C(c2nnn(Cc3ccc(C#N)cc3)c2-c2cc3ccccc3s2)C1. The van der Waals surface area contributed by atoms with Crippen LogP contribution < -0.4 is 0 Å². The van der Waals surface area contributed by atoms with Crippen molar-refractivity contribution in [2.24, 2.45) is 0 Å². The number of allylic oxidation sites excluding steroid dienone is 3.